The van der Waals surface area contributed by atoms with E-state index in [0.717, 1.165) is 16.3 Å². The number of hydrogen-bond donors (Lipinski definition) is 1. The number of benzene rings is 1. The molecule has 0 bridgehead atoms. The van der Waals surface area contributed by atoms with E-state index in [1.54, 1.807) is 38.7 Å². The van der Waals surface area contributed by atoms with Crippen molar-refractivity contribution in [3.63, 3.8) is 0 Å². The summed E-state index contributed by atoms with van der Waals surface area (Å²) in [5.41, 5.74) is 2.43. The van der Waals surface area contributed by atoms with Crippen LogP contribution in [-0.4, -0.2) is 36.3 Å². The average Bonchev–Trinajstić information content (AvgIpc) is 3.02. The molecule has 0 saturated carbocycles. The number of thiazole rings is 1. The van der Waals surface area contributed by atoms with Crippen LogP contribution in [0.25, 0.3) is 11.3 Å². The zero-order valence-electron chi connectivity index (χ0n) is 16.0. The molecule has 0 atom stereocenters. The Bertz CT molecular complexity index is 901. The molecule has 0 spiro atoms. The molecule has 0 radical (unpaired) electrons. The van der Waals surface area contributed by atoms with Crippen molar-refractivity contribution in [1.82, 2.24) is 15.0 Å². The van der Waals surface area contributed by atoms with E-state index in [1.165, 1.54) is 4.88 Å². The largest absolute Gasteiger partial charge is 0.496 e. The van der Waals surface area contributed by atoms with Crippen molar-refractivity contribution in [2.24, 2.45) is 0 Å². The van der Waals surface area contributed by atoms with Gasteiger partial charge in [-0.2, -0.15) is 4.98 Å². The monoisotopic (exact) mass is 386 g/mol. The lowest BCUT2D eigenvalue weighted by Gasteiger charge is -2.14. The number of rotatable bonds is 7. The molecule has 3 aromatic rings. The Morgan fingerprint density at radius 3 is 2.22 bits per heavy atom. The molecule has 1 aromatic carbocycles. The highest BCUT2D eigenvalue weighted by molar-refractivity contribution is 7.11. The first-order valence-corrected chi connectivity index (χ1v) is 9.18. The van der Waals surface area contributed by atoms with Crippen LogP contribution in [0.5, 0.6) is 17.4 Å². The number of hydrogen-bond acceptors (Lipinski definition) is 8. The first-order valence-electron chi connectivity index (χ1n) is 8.37. The maximum absolute atomic E-state index is 5.49. The second kappa shape index (κ2) is 8.22. The summed E-state index contributed by atoms with van der Waals surface area (Å²) in [5.74, 6) is 2.21. The standard InChI is InChI=1S/C19H22N4O3S/c1-11-12(2)27-17(21-11)10-20-19-22-13(9-16(23-19)26-5)18-14(24-3)7-6-8-15(18)25-4/h6-9H,10H2,1-5H3,(H,20,22,23). The molecular weight excluding hydrogens is 364 g/mol. The third kappa shape index (κ3) is 4.11. The Morgan fingerprint density at radius 1 is 0.963 bits per heavy atom. The number of aromatic nitrogens is 3. The van der Waals surface area contributed by atoms with Crippen LogP contribution in [0.1, 0.15) is 15.6 Å². The molecule has 0 aliphatic carbocycles. The van der Waals surface area contributed by atoms with Crippen molar-refractivity contribution < 1.29 is 14.2 Å². The van der Waals surface area contributed by atoms with Crippen molar-refractivity contribution >= 4 is 17.3 Å². The van der Waals surface area contributed by atoms with Gasteiger partial charge < -0.3 is 19.5 Å². The molecule has 0 aliphatic rings. The quantitative estimate of drug-likeness (QED) is 0.661. The van der Waals surface area contributed by atoms with Crippen LogP contribution in [0.15, 0.2) is 24.3 Å². The lowest BCUT2D eigenvalue weighted by molar-refractivity contribution is 0.394. The summed E-state index contributed by atoms with van der Waals surface area (Å²) in [4.78, 5) is 14.7. The van der Waals surface area contributed by atoms with Gasteiger partial charge in [-0.3, -0.25) is 0 Å². The normalized spacial score (nSPS) is 10.6. The van der Waals surface area contributed by atoms with Gasteiger partial charge >= 0.3 is 0 Å². The Kier molecular flexibility index (Phi) is 5.75. The molecule has 1 N–H and O–H groups in total. The predicted molar refractivity (Wildman–Crippen MR) is 106 cm³/mol. The number of nitrogens with one attached hydrogen (secondary N) is 1. The van der Waals surface area contributed by atoms with Crippen molar-refractivity contribution in [3.8, 4) is 28.6 Å². The topological polar surface area (TPSA) is 78.4 Å². The number of ether oxygens (including phenoxy) is 3. The summed E-state index contributed by atoms with van der Waals surface area (Å²) < 4.78 is 16.3. The molecule has 2 aromatic heterocycles. The van der Waals surface area contributed by atoms with Crippen LogP contribution in [0.4, 0.5) is 5.95 Å². The minimum absolute atomic E-state index is 0.446. The summed E-state index contributed by atoms with van der Waals surface area (Å²) in [6.45, 7) is 4.60. The van der Waals surface area contributed by atoms with Gasteiger partial charge in [-0.1, -0.05) is 6.07 Å². The molecule has 0 saturated heterocycles. The molecule has 8 heteroatoms. The fourth-order valence-corrected chi connectivity index (χ4v) is 3.48. The van der Waals surface area contributed by atoms with Gasteiger partial charge in [-0.05, 0) is 26.0 Å². The maximum atomic E-state index is 5.49. The molecule has 0 aliphatic heterocycles. The van der Waals surface area contributed by atoms with E-state index < -0.39 is 0 Å². The van der Waals surface area contributed by atoms with Crippen LogP contribution in [0, 0.1) is 13.8 Å². The molecule has 3 rings (SSSR count). The molecule has 0 unspecified atom stereocenters. The first-order chi connectivity index (χ1) is 13.0. The zero-order valence-corrected chi connectivity index (χ0v) is 16.8. The number of anilines is 1. The third-order valence-electron chi connectivity index (χ3n) is 4.07. The molecule has 2 heterocycles. The van der Waals surface area contributed by atoms with Crippen LogP contribution < -0.4 is 19.5 Å². The van der Waals surface area contributed by atoms with Gasteiger partial charge in [0.15, 0.2) is 0 Å². The highest BCUT2D eigenvalue weighted by Crippen LogP contribution is 2.38. The van der Waals surface area contributed by atoms with Crippen LogP contribution >= 0.6 is 11.3 Å². The zero-order chi connectivity index (χ0) is 19.4. The summed E-state index contributed by atoms with van der Waals surface area (Å²) in [7, 11) is 4.80. The van der Waals surface area contributed by atoms with Crippen LogP contribution in [0.3, 0.4) is 0 Å². The van der Waals surface area contributed by atoms with E-state index in [4.69, 9.17) is 14.2 Å². The summed E-state index contributed by atoms with van der Waals surface area (Å²) >= 11 is 1.66. The summed E-state index contributed by atoms with van der Waals surface area (Å²) in [5, 5.41) is 4.20. The van der Waals surface area contributed by atoms with Gasteiger partial charge in [0, 0.05) is 10.9 Å². The smallest absolute Gasteiger partial charge is 0.226 e. The van der Waals surface area contributed by atoms with Gasteiger partial charge in [-0.25, -0.2) is 9.97 Å². The van der Waals surface area contributed by atoms with Gasteiger partial charge in [-0.15, -0.1) is 11.3 Å². The second-order valence-corrected chi connectivity index (χ2v) is 7.05. The van der Waals surface area contributed by atoms with Crippen LogP contribution in [-0.2, 0) is 6.54 Å². The van der Waals surface area contributed by atoms with E-state index in [-0.39, 0.29) is 0 Å². The predicted octanol–water partition coefficient (Wildman–Crippen LogP) is 3.85. The molecule has 0 fully saturated rings. The summed E-state index contributed by atoms with van der Waals surface area (Å²) in [6, 6.07) is 7.34. The lowest BCUT2D eigenvalue weighted by atomic mass is 10.1. The van der Waals surface area contributed by atoms with Gasteiger partial charge in [0.05, 0.1) is 44.8 Å². The van der Waals surface area contributed by atoms with E-state index in [0.29, 0.717) is 35.6 Å². The maximum Gasteiger partial charge on any atom is 0.226 e. The molecule has 142 valence electrons. The van der Waals surface area contributed by atoms with Gasteiger partial charge in [0.25, 0.3) is 0 Å². The van der Waals surface area contributed by atoms with Gasteiger partial charge in [0.1, 0.15) is 16.5 Å². The molecule has 0 amide bonds. The van der Waals surface area contributed by atoms with Crippen molar-refractivity contribution in [2.75, 3.05) is 26.6 Å². The number of aryl methyl sites for hydroxylation is 2. The highest BCUT2D eigenvalue weighted by Gasteiger charge is 2.17. The van der Waals surface area contributed by atoms with Crippen LogP contribution in [0.2, 0.25) is 0 Å². The molecule has 7 nitrogen and oxygen atoms in total. The fraction of sp³-hybridized carbons (Fsp3) is 0.316. The number of nitrogens with zero attached hydrogens (tertiary/aromatic N) is 3. The lowest BCUT2D eigenvalue weighted by Crippen LogP contribution is -2.06. The molecule has 27 heavy (non-hydrogen) atoms. The van der Waals surface area contributed by atoms with Crippen molar-refractivity contribution in [3.05, 3.63) is 39.8 Å². The first kappa shape index (κ1) is 18.9. The van der Waals surface area contributed by atoms with Crippen molar-refractivity contribution in [2.45, 2.75) is 20.4 Å². The SMILES string of the molecule is COc1cc(-c2c(OC)cccc2OC)nc(NCc2nc(C)c(C)s2)n1. The van der Waals surface area contributed by atoms with Crippen molar-refractivity contribution in [1.29, 1.82) is 0 Å². The highest BCUT2D eigenvalue weighted by atomic mass is 32.1. The minimum atomic E-state index is 0.446. The Balaban J connectivity index is 1.97. The van der Waals surface area contributed by atoms with Gasteiger partial charge in [0.2, 0.25) is 11.8 Å². The second-order valence-electron chi connectivity index (χ2n) is 5.76. The third-order valence-corrected chi connectivity index (χ3v) is 5.14. The summed E-state index contributed by atoms with van der Waals surface area (Å²) in [6.07, 6.45) is 0. The number of methoxy groups -OCH3 is 3. The van der Waals surface area contributed by atoms with E-state index in [9.17, 15) is 0 Å². The Labute approximate surface area is 162 Å². The minimum Gasteiger partial charge on any atom is -0.496 e. The van der Waals surface area contributed by atoms with E-state index in [2.05, 4.69) is 27.2 Å². The van der Waals surface area contributed by atoms with E-state index >= 15 is 0 Å². The Hall–Kier alpha value is -2.87. The average molecular weight is 386 g/mol. The Morgan fingerprint density at radius 2 is 1.67 bits per heavy atom. The molecular formula is C19H22N4O3S. The fourth-order valence-electron chi connectivity index (χ4n) is 2.61. The van der Waals surface area contributed by atoms with E-state index in [1.807, 2.05) is 25.1 Å².